The summed E-state index contributed by atoms with van der Waals surface area (Å²) in [5.74, 6) is 0. The molecule has 2 fully saturated rings. The molecule has 96 valence electrons. The average Bonchev–Trinajstić information content (AvgIpc) is 3.08. The molecule has 0 unspecified atom stereocenters. The van der Waals surface area contributed by atoms with Gasteiger partial charge in [0.25, 0.3) is 0 Å². The van der Waals surface area contributed by atoms with E-state index in [1.54, 1.807) is 5.57 Å². The van der Waals surface area contributed by atoms with Crippen molar-refractivity contribution in [3.63, 3.8) is 0 Å². The van der Waals surface area contributed by atoms with Gasteiger partial charge in [-0.1, -0.05) is 25.5 Å². The molecule has 0 aromatic rings. The van der Waals surface area contributed by atoms with E-state index in [4.69, 9.17) is 0 Å². The van der Waals surface area contributed by atoms with Crippen molar-refractivity contribution in [1.29, 1.82) is 0 Å². The number of rotatable bonds is 4. The van der Waals surface area contributed by atoms with Crippen LogP contribution in [0.1, 0.15) is 65.2 Å². The molecule has 0 aliphatic heterocycles. The molecule has 0 radical (unpaired) electrons. The molecule has 17 heavy (non-hydrogen) atoms. The Hall–Kier alpha value is -0.300. The van der Waals surface area contributed by atoms with Gasteiger partial charge in [-0.3, -0.25) is 0 Å². The Kier molecular flexibility index (Phi) is 2.85. The van der Waals surface area contributed by atoms with Crippen LogP contribution in [0.3, 0.4) is 0 Å². The van der Waals surface area contributed by atoms with Crippen LogP contribution in [0.5, 0.6) is 0 Å². The maximum atomic E-state index is 3.79. The smallest absolute Gasteiger partial charge is 0.00685 e. The molecule has 2 saturated carbocycles. The summed E-state index contributed by atoms with van der Waals surface area (Å²) < 4.78 is 0. The van der Waals surface area contributed by atoms with Crippen LogP contribution in [0, 0.1) is 10.8 Å². The van der Waals surface area contributed by atoms with Crippen LogP contribution in [0.2, 0.25) is 0 Å². The standard InChI is InChI=1S/C16H27N/c1-15(2)10-16(11-15,12-17-14-8-9-14)13-6-4-3-5-7-13/h6,14,17H,3-5,7-12H2,1-2H3. The Morgan fingerprint density at radius 3 is 2.53 bits per heavy atom. The van der Waals surface area contributed by atoms with E-state index in [2.05, 4.69) is 25.2 Å². The molecular formula is C16H27N. The van der Waals surface area contributed by atoms with Crippen molar-refractivity contribution in [3.05, 3.63) is 11.6 Å². The Labute approximate surface area is 106 Å². The van der Waals surface area contributed by atoms with Gasteiger partial charge < -0.3 is 5.32 Å². The van der Waals surface area contributed by atoms with E-state index in [0.29, 0.717) is 10.8 Å². The van der Waals surface area contributed by atoms with E-state index in [1.807, 2.05) is 0 Å². The van der Waals surface area contributed by atoms with Gasteiger partial charge in [-0.2, -0.15) is 0 Å². The minimum atomic E-state index is 0.548. The summed E-state index contributed by atoms with van der Waals surface area (Å²) in [5.41, 5.74) is 2.94. The van der Waals surface area contributed by atoms with Gasteiger partial charge in [-0.25, -0.2) is 0 Å². The van der Waals surface area contributed by atoms with Crippen molar-refractivity contribution in [1.82, 2.24) is 5.32 Å². The van der Waals surface area contributed by atoms with Crippen molar-refractivity contribution >= 4 is 0 Å². The van der Waals surface area contributed by atoms with E-state index in [-0.39, 0.29) is 0 Å². The quantitative estimate of drug-likeness (QED) is 0.722. The fraction of sp³-hybridized carbons (Fsp3) is 0.875. The number of hydrogen-bond acceptors (Lipinski definition) is 1. The average molecular weight is 233 g/mol. The zero-order valence-electron chi connectivity index (χ0n) is 11.5. The SMILES string of the molecule is CC1(C)CC(CNC2CC2)(C2=CCCCC2)C1. The van der Waals surface area contributed by atoms with Crippen molar-refractivity contribution in [2.75, 3.05) is 6.54 Å². The van der Waals surface area contributed by atoms with Gasteiger partial charge in [0.15, 0.2) is 0 Å². The van der Waals surface area contributed by atoms with E-state index in [1.165, 1.54) is 57.9 Å². The lowest BCUT2D eigenvalue weighted by Gasteiger charge is -2.55. The van der Waals surface area contributed by atoms with Gasteiger partial charge in [-0.05, 0) is 56.8 Å². The lowest BCUT2D eigenvalue weighted by molar-refractivity contribution is 0.0153. The first-order valence-corrected chi connectivity index (χ1v) is 7.53. The van der Waals surface area contributed by atoms with Crippen LogP contribution in [0.4, 0.5) is 0 Å². The van der Waals surface area contributed by atoms with Gasteiger partial charge in [0.1, 0.15) is 0 Å². The van der Waals surface area contributed by atoms with Gasteiger partial charge in [0.05, 0.1) is 0 Å². The molecule has 3 aliphatic rings. The molecule has 0 spiro atoms. The fourth-order valence-electron chi connectivity index (χ4n) is 4.19. The maximum absolute atomic E-state index is 3.79. The Morgan fingerprint density at radius 1 is 1.24 bits per heavy atom. The first-order chi connectivity index (χ1) is 8.10. The van der Waals surface area contributed by atoms with Gasteiger partial charge in [0, 0.05) is 18.0 Å². The molecule has 0 saturated heterocycles. The van der Waals surface area contributed by atoms with Crippen LogP contribution in [0.15, 0.2) is 11.6 Å². The van der Waals surface area contributed by atoms with Gasteiger partial charge in [-0.15, -0.1) is 0 Å². The predicted molar refractivity (Wildman–Crippen MR) is 73.0 cm³/mol. The molecule has 3 rings (SSSR count). The largest absolute Gasteiger partial charge is 0.313 e. The first-order valence-electron chi connectivity index (χ1n) is 7.53. The molecule has 1 N–H and O–H groups in total. The van der Waals surface area contributed by atoms with Crippen molar-refractivity contribution in [2.45, 2.75) is 71.3 Å². The highest BCUT2D eigenvalue weighted by atomic mass is 15.0. The zero-order valence-corrected chi connectivity index (χ0v) is 11.5. The normalized spacial score (nSPS) is 30.6. The first kappa shape index (κ1) is 11.8. The Morgan fingerprint density at radius 2 is 2.00 bits per heavy atom. The highest BCUT2D eigenvalue weighted by Crippen LogP contribution is 2.59. The maximum Gasteiger partial charge on any atom is 0.00685 e. The summed E-state index contributed by atoms with van der Waals surface area (Å²) in [6.45, 7) is 6.13. The third-order valence-corrected chi connectivity index (χ3v) is 4.91. The molecule has 0 aromatic carbocycles. The Bertz CT molecular complexity index is 314. The summed E-state index contributed by atoms with van der Waals surface area (Å²) in [7, 11) is 0. The molecule has 0 heterocycles. The monoisotopic (exact) mass is 233 g/mol. The molecule has 0 bridgehead atoms. The zero-order chi connectivity index (χ0) is 11.9. The molecule has 3 aliphatic carbocycles. The van der Waals surface area contributed by atoms with E-state index >= 15 is 0 Å². The lowest BCUT2D eigenvalue weighted by Crippen LogP contribution is -2.51. The molecule has 1 nitrogen and oxygen atoms in total. The number of nitrogens with one attached hydrogen (secondary N) is 1. The van der Waals surface area contributed by atoms with Crippen LogP contribution in [0.25, 0.3) is 0 Å². The van der Waals surface area contributed by atoms with Crippen molar-refractivity contribution in [2.24, 2.45) is 10.8 Å². The second-order valence-electron chi connectivity index (χ2n) is 7.43. The second-order valence-corrected chi connectivity index (χ2v) is 7.43. The third kappa shape index (κ3) is 2.45. The summed E-state index contributed by atoms with van der Waals surface area (Å²) >= 11 is 0. The minimum absolute atomic E-state index is 0.548. The highest BCUT2D eigenvalue weighted by molar-refractivity contribution is 5.24. The number of allylic oxidation sites excluding steroid dienone is 1. The van der Waals surface area contributed by atoms with Crippen LogP contribution >= 0.6 is 0 Å². The third-order valence-electron chi connectivity index (χ3n) is 4.91. The number of hydrogen-bond donors (Lipinski definition) is 1. The Balaban J connectivity index is 1.69. The van der Waals surface area contributed by atoms with Crippen LogP contribution in [-0.4, -0.2) is 12.6 Å². The predicted octanol–water partition coefficient (Wildman–Crippen LogP) is 4.05. The molecule has 1 heteroatoms. The van der Waals surface area contributed by atoms with E-state index < -0.39 is 0 Å². The van der Waals surface area contributed by atoms with Crippen LogP contribution < -0.4 is 5.32 Å². The highest BCUT2D eigenvalue weighted by Gasteiger charge is 2.51. The van der Waals surface area contributed by atoms with Crippen molar-refractivity contribution < 1.29 is 0 Å². The van der Waals surface area contributed by atoms with Gasteiger partial charge >= 0.3 is 0 Å². The lowest BCUT2D eigenvalue weighted by atomic mass is 9.50. The summed E-state index contributed by atoms with van der Waals surface area (Å²) in [4.78, 5) is 0. The topological polar surface area (TPSA) is 12.0 Å². The summed E-state index contributed by atoms with van der Waals surface area (Å²) in [6, 6.07) is 0.861. The fourth-order valence-corrected chi connectivity index (χ4v) is 4.19. The molecule has 0 atom stereocenters. The molecule has 0 amide bonds. The summed E-state index contributed by atoms with van der Waals surface area (Å²) in [5, 5.41) is 3.79. The summed E-state index contributed by atoms with van der Waals surface area (Å²) in [6.07, 6.45) is 13.8. The van der Waals surface area contributed by atoms with Crippen molar-refractivity contribution in [3.8, 4) is 0 Å². The minimum Gasteiger partial charge on any atom is -0.313 e. The van der Waals surface area contributed by atoms with E-state index in [9.17, 15) is 0 Å². The molecule has 0 aromatic heterocycles. The molecular weight excluding hydrogens is 206 g/mol. The second kappa shape index (κ2) is 4.12. The van der Waals surface area contributed by atoms with Crippen LogP contribution in [-0.2, 0) is 0 Å². The van der Waals surface area contributed by atoms with Gasteiger partial charge in [0.2, 0.25) is 0 Å². The van der Waals surface area contributed by atoms with E-state index in [0.717, 1.165) is 6.04 Å².